The van der Waals surface area contributed by atoms with Crippen LogP contribution in [0.5, 0.6) is 5.88 Å². The molecule has 3 N–H and O–H groups in total. The summed E-state index contributed by atoms with van der Waals surface area (Å²) in [4.78, 5) is 17.8. The maximum Gasteiger partial charge on any atom is 0.311 e. The van der Waals surface area contributed by atoms with E-state index in [4.69, 9.17) is 14.0 Å². The fourth-order valence-corrected chi connectivity index (χ4v) is 2.68. The molecule has 2 aromatic rings. The molecule has 0 aliphatic carbocycles. The summed E-state index contributed by atoms with van der Waals surface area (Å²) in [6.45, 7) is -0.0401. The Labute approximate surface area is 149 Å². The number of halogens is 1. The molecule has 2 rings (SSSR count). The third-order valence-corrected chi connectivity index (χ3v) is 4.47. The maximum atomic E-state index is 11.2. The van der Waals surface area contributed by atoms with E-state index in [-0.39, 0.29) is 27.5 Å². The number of nitrogens with zero attached hydrogens (tertiary/aromatic N) is 3. The van der Waals surface area contributed by atoms with Crippen molar-refractivity contribution in [3.63, 3.8) is 0 Å². The van der Waals surface area contributed by atoms with Crippen molar-refractivity contribution < 1.29 is 22.2 Å². The van der Waals surface area contributed by atoms with Gasteiger partial charge in [0.15, 0.2) is 0 Å². The lowest BCUT2D eigenvalue weighted by Gasteiger charge is -2.11. The summed E-state index contributed by atoms with van der Waals surface area (Å²) in [5.41, 5.74) is -0.161. The highest BCUT2D eigenvalue weighted by molar-refractivity contribution is 9.10. The summed E-state index contributed by atoms with van der Waals surface area (Å²) in [5, 5.41) is 18.9. The smallest absolute Gasteiger partial charge is 0.311 e. The Morgan fingerprint density at radius 3 is 2.75 bits per heavy atom. The SMILES string of the molecule is [2H]C([2H])([2H])Oc1ncc([N+](=O)[O-])c(NCc2ccc(S(N)(=O)=O)cn2)c1Br. The predicted molar refractivity (Wildman–Crippen MR) is 88.1 cm³/mol. The minimum absolute atomic E-state index is 0.0401. The largest absolute Gasteiger partial charge is 0.480 e. The number of primary sulfonamides is 1. The van der Waals surface area contributed by atoms with Crippen LogP contribution in [0.15, 0.2) is 33.9 Å². The van der Waals surface area contributed by atoms with Crippen LogP contribution >= 0.6 is 15.9 Å². The first kappa shape index (κ1) is 14.1. The Hall–Kier alpha value is -2.31. The molecule has 0 amide bonds. The maximum absolute atomic E-state index is 11.2. The van der Waals surface area contributed by atoms with Gasteiger partial charge in [0.25, 0.3) is 0 Å². The van der Waals surface area contributed by atoms with Gasteiger partial charge in [-0.2, -0.15) is 0 Å². The number of methoxy groups -OCH3 is 1. The van der Waals surface area contributed by atoms with Crippen LogP contribution in [0.1, 0.15) is 9.81 Å². The summed E-state index contributed by atoms with van der Waals surface area (Å²) >= 11 is 3.04. The van der Waals surface area contributed by atoms with Gasteiger partial charge in [0, 0.05) is 6.20 Å². The number of nitrogens with two attached hydrogens (primary N) is 1. The molecule has 0 aliphatic heterocycles. The van der Waals surface area contributed by atoms with Crippen molar-refractivity contribution in [2.75, 3.05) is 12.4 Å². The minimum Gasteiger partial charge on any atom is -0.480 e. The van der Waals surface area contributed by atoms with Crippen LogP contribution in [0.3, 0.4) is 0 Å². The quantitative estimate of drug-likeness (QED) is 0.525. The Balaban J connectivity index is 2.31. The Kier molecular flexibility index (Phi) is 4.14. The summed E-state index contributed by atoms with van der Waals surface area (Å²) in [7, 11) is -6.69. The van der Waals surface area contributed by atoms with Crippen molar-refractivity contribution in [3.8, 4) is 5.88 Å². The molecule has 10 nitrogen and oxygen atoms in total. The first-order chi connectivity index (χ1) is 12.4. The van der Waals surface area contributed by atoms with Crippen molar-refractivity contribution in [1.29, 1.82) is 0 Å². The zero-order chi connectivity index (χ0) is 20.4. The van der Waals surface area contributed by atoms with Gasteiger partial charge in [0.1, 0.15) is 21.3 Å². The van der Waals surface area contributed by atoms with Crippen LogP contribution in [0, 0.1) is 10.1 Å². The van der Waals surface area contributed by atoms with Gasteiger partial charge in [-0.25, -0.2) is 18.5 Å². The van der Waals surface area contributed by atoms with Crippen molar-refractivity contribution in [1.82, 2.24) is 9.97 Å². The normalized spacial score (nSPS) is 13.5. The van der Waals surface area contributed by atoms with E-state index < -0.39 is 27.7 Å². The lowest BCUT2D eigenvalue weighted by Crippen LogP contribution is -2.13. The second kappa shape index (κ2) is 7.07. The highest BCUT2D eigenvalue weighted by Crippen LogP contribution is 2.37. The second-order valence-electron chi connectivity index (χ2n) is 4.38. The number of anilines is 1. The molecule has 0 unspecified atom stereocenters. The number of ether oxygens (including phenoxy) is 1. The standard InChI is InChI=1S/C12H12BrN5O5S/c1-23-12-10(13)11(9(6-17-12)18(19)20)16-4-7-2-3-8(5-15-7)24(14,21)22/h2-3,5-6H,4H2,1H3,(H,16,17)(H2,14,21,22)/i1D3. The molecule has 0 atom stereocenters. The Morgan fingerprint density at radius 2 is 2.21 bits per heavy atom. The number of pyridine rings is 2. The third kappa shape index (κ3) is 3.96. The van der Waals surface area contributed by atoms with Crippen LogP contribution in [0.25, 0.3) is 0 Å². The van der Waals surface area contributed by atoms with E-state index in [0.29, 0.717) is 5.69 Å². The van der Waals surface area contributed by atoms with Crippen molar-refractivity contribution in [3.05, 3.63) is 44.8 Å². The van der Waals surface area contributed by atoms with Gasteiger partial charge in [-0.3, -0.25) is 15.1 Å². The Bertz CT molecular complexity index is 969. The number of hydrogen-bond donors (Lipinski definition) is 2. The fraction of sp³-hybridized carbons (Fsp3) is 0.167. The summed E-state index contributed by atoms with van der Waals surface area (Å²) in [6.07, 6.45) is 1.90. The topological polar surface area (TPSA) is 150 Å². The number of nitrogens with one attached hydrogen (secondary N) is 1. The number of nitro groups is 1. The summed E-state index contributed by atoms with van der Waals surface area (Å²) < 4.78 is 48.4. The molecule has 0 aliphatic rings. The highest BCUT2D eigenvalue weighted by atomic mass is 79.9. The highest BCUT2D eigenvalue weighted by Gasteiger charge is 2.21. The van der Waals surface area contributed by atoms with E-state index in [1.165, 1.54) is 12.1 Å². The molecule has 0 bridgehead atoms. The average Bonchev–Trinajstić information content (AvgIpc) is 2.53. The van der Waals surface area contributed by atoms with E-state index in [1.807, 2.05) is 0 Å². The van der Waals surface area contributed by atoms with Crippen molar-refractivity contribution in [2.24, 2.45) is 5.14 Å². The predicted octanol–water partition coefficient (Wildman–Crippen LogP) is 1.42. The lowest BCUT2D eigenvalue weighted by atomic mass is 10.3. The zero-order valence-corrected chi connectivity index (χ0v) is 14.2. The number of hydrogen-bond acceptors (Lipinski definition) is 8. The molecule has 0 saturated carbocycles. The minimum atomic E-state index is -3.89. The van der Waals surface area contributed by atoms with Gasteiger partial charge in [0.2, 0.25) is 15.9 Å². The molecule has 24 heavy (non-hydrogen) atoms. The van der Waals surface area contributed by atoms with Gasteiger partial charge < -0.3 is 10.1 Å². The van der Waals surface area contributed by atoms with Crippen LogP contribution < -0.4 is 15.2 Å². The molecule has 2 heterocycles. The molecular weight excluding hydrogens is 406 g/mol. The van der Waals surface area contributed by atoms with E-state index in [1.54, 1.807) is 0 Å². The number of sulfonamides is 1. The molecule has 0 spiro atoms. The van der Waals surface area contributed by atoms with Gasteiger partial charge >= 0.3 is 5.69 Å². The summed E-state index contributed by atoms with van der Waals surface area (Å²) in [5.74, 6) is -0.361. The number of rotatable bonds is 6. The molecule has 0 saturated heterocycles. The molecule has 0 radical (unpaired) electrons. The average molecular weight is 421 g/mol. The lowest BCUT2D eigenvalue weighted by molar-refractivity contribution is -0.384. The van der Waals surface area contributed by atoms with E-state index >= 15 is 0 Å². The van der Waals surface area contributed by atoms with E-state index in [9.17, 15) is 18.5 Å². The van der Waals surface area contributed by atoms with Crippen molar-refractivity contribution >= 4 is 37.3 Å². The van der Waals surface area contributed by atoms with Gasteiger partial charge in [0.05, 0.1) is 28.3 Å². The van der Waals surface area contributed by atoms with Crippen LogP contribution in [0.4, 0.5) is 11.4 Å². The first-order valence-electron chi connectivity index (χ1n) is 7.62. The van der Waals surface area contributed by atoms with Gasteiger partial charge in [-0.05, 0) is 28.1 Å². The van der Waals surface area contributed by atoms with E-state index in [2.05, 4.69) is 31.2 Å². The monoisotopic (exact) mass is 420 g/mol. The molecule has 128 valence electrons. The van der Waals surface area contributed by atoms with Gasteiger partial charge in [-0.1, -0.05) is 0 Å². The van der Waals surface area contributed by atoms with E-state index in [0.717, 1.165) is 12.4 Å². The molecule has 12 heteroatoms. The van der Waals surface area contributed by atoms with Gasteiger partial charge in [-0.15, -0.1) is 0 Å². The fourth-order valence-electron chi connectivity index (χ4n) is 1.70. The Morgan fingerprint density at radius 1 is 1.46 bits per heavy atom. The number of aromatic nitrogens is 2. The molecule has 2 aromatic heterocycles. The molecular formula is C12H12BrN5O5S. The van der Waals surface area contributed by atoms with Crippen molar-refractivity contribution in [2.45, 2.75) is 11.4 Å². The zero-order valence-electron chi connectivity index (χ0n) is 14.8. The van der Waals surface area contributed by atoms with Crippen LogP contribution in [-0.2, 0) is 16.6 Å². The van der Waals surface area contributed by atoms with Crippen LogP contribution in [-0.4, -0.2) is 30.3 Å². The first-order valence-corrected chi connectivity index (χ1v) is 8.46. The molecule has 0 fully saturated rings. The van der Waals surface area contributed by atoms with Crippen LogP contribution in [0.2, 0.25) is 0 Å². The summed E-state index contributed by atoms with van der Waals surface area (Å²) in [6, 6.07) is 2.60. The third-order valence-electron chi connectivity index (χ3n) is 2.83. The molecule has 0 aromatic carbocycles. The second-order valence-corrected chi connectivity index (χ2v) is 6.73.